The first-order chi connectivity index (χ1) is 19.1. The maximum absolute atomic E-state index is 14.2. The molecule has 0 bridgehead atoms. The van der Waals surface area contributed by atoms with E-state index in [9.17, 15) is 18.0 Å². The van der Waals surface area contributed by atoms with Crippen molar-refractivity contribution in [2.45, 2.75) is 45.3 Å². The van der Waals surface area contributed by atoms with Crippen LogP contribution >= 0.6 is 46.4 Å². The maximum Gasteiger partial charge on any atom is 0.244 e. The van der Waals surface area contributed by atoms with Gasteiger partial charge in [0.05, 0.1) is 17.0 Å². The van der Waals surface area contributed by atoms with E-state index >= 15 is 0 Å². The van der Waals surface area contributed by atoms with Crippen LogP contribution in [0.3, 0.4) is 0 Å². The highest BCUT2D eigenvalue weighted by atomic mass is 35.5. The average molecular weight is 659 g/mol. The molecule has 0 heterocycles. The lowest BCUT2D eigenvalue weighted by molar-refractivity contribution is -0.140. The summed E-state index contributed by atoms with van der Waals surface area (Å²) in [7, 11) is -4.02. The first kappa shape index (κ1) is 33.0. The van der Waals surface area contributed by atoms with Gasteiger partial charge in [0.15, 0.2) is 0 Å². The Balaban J connectivity index is 2.15. The summed E-state index contributed by atoms with van der Waals surface area (Å²) in [6.07, 6.45) is 1.11. The highest BCUT2D eigenvalue weighted by Gasteiger charge is 2.35. The van der Waals surface area contributed by atoms with E-state index in [1.54, 1.807) is 18.2 Å². The lowest BCUT2D eigenvalue weighted by Crippen LogP contribution is -2.56. The van der Waals surface area contributed by atoms with Gasteiger partial charge in [0, 0.05) is 39.1 Å². The number of halogens is 4. The van der Waals surface area contributed by atoms with Gasteiger partial charge < -0.3 is 10.2 Å². The highest BCUT2D eigenvalue weighted by Crippen LogP contribution is 2.32. The van der Waals surface area contributed by atoms with Crippen molar-refractivity contribution >= 4 is 73.9 Å². The van der Waals surface area contributed by atoms with Crippen molar-refractivity contribution in [1.82, 2.24) is 10.2 Å². The average Bonchev–Trinajstić information content (AvgIpc) is 2.86. The van der Waals surface area contributed by atoms with E-state index < -0.39 is 40.0 Å². The number of nitrogens with zero attached hydrogens (tertiary/aromatic N) is 2. The van der Waals surface area contributed by atoms with Gasteiger partial charge in [-0.25, -0.2) is 8.42 Å². The van der Waals surface area contributed by atoms with Crippen LogP contribution in [0.25, 0.3) is 0 Å². The van der Waals surface area contributed by atoms with Crippen molar-refractivity contribution in [2.75, 3.05) is 17.1 Å². The Kier molecular flexibility index (Phi) is 11.0. The Labute approximate surface area is 261 Å². The maximum atomic E-state index is 14.2. The third kappa shape index (κ3) is 9.25. The summed E-state index contributed by atoms with van der Waals surface area (Å²) in [6.45, 7) is 4.67. The molecule has 3 aromatic rings. The molecule has 0 aliphatic rings. The zero-order valence-corrected chi connectivity index (χ0v) is 26.8. The minimum atomic E-state index is -4.02. The van der Waals surface area contributed by atoms with Gasteiger partial charge in [0.2, 0.25) is 21.8 Å². The molecule has 41 heavy (non-hydrogen) atoms. The monoisotopic (exact) mass is 657 g/mol. The number of anilines is 1. The van der Waals surface area contributed by atoms with E-state index in [1.807, 2.05) is 51.1 Å². The van der Waals surface area contributed by atoms with Crippen LogP contribution in [-0.4, -0.2) is 49.5 Å². The molecule has 3 aromatic carbocycles. The number of amides is 2. The fourth-order valence-electron chi connectivity index (χ4n) is 4.13. The second kappa shape index (κ2) is 13.7. The fraction of sp³-hybridized carbons (Fsp3) is 0.310. The Morgan fingerprint density at radius 2 is 1.49 bits per heavy atom. The quantitative estimate of drug-likeness (QED) is 0.265. The number of nitrogens with one attached hydrogen (secondary N) is 1. The van der Waals surface area contributed by atoms with Crippen LogP contribution in [0.2, 0.25) is 20.1 Å². The fourth-order valence-corrected chi connectivity index (χ4v) is 5.94. The molecule has 7 nitrogen and oxygen atoms in total. The molecular formula is C29H31Cl4N3O4S. The predicted molar refractivity (Wildman–Crippen MR) is 167 cm³/mol. The molecule has 0 radical (unpaired) electrons. The summed E-state index contributed by atoms with van der Waals surface area (Å²) >= 11 is 25.4. The van der Waals surface area contributed by atoms with Gasteiger partial charge in [-0.1, -0.05) is 82.8 Å². The van der Waals surface area contributed by atoms with Crippen LogP contribution in [0.15, 0.2) is 66.7 Å². The van der Waals surface area contributed by atoms with Gasteiger partial charge >= 0.3 is 0 Å². The van der Waals surface area contributed by atoms with Crippen molar-refractivity contribution in [1.29, 1.82) is 0 Å². The number of hydrogen-bond donors (Lipinski definition) is 1. The predicted octanol–water partition coefficient (Wildman–Crippen LogP) is 6.62. The Bertz CT molecular complexity index is 1490. The van der Waals surface area contributed by atoms with Crippen molar-refractivity contribution in [2.24, 2.45) is 0 Å². The zero-order chi connectivity index (χ0) is 30.5. The van der Waals surface area contributed by atoms with Gasteiger partial charge in [-0.05, 0) is 56.7 Å². The summed E-state index contributed by atoms with van der Waals surface area (Å²) in [5.41, 5.74) is 0.625. The van der Waals surface area contributed by atoms with Gasteiger partial charge in [0.25, 0.3) is 0 Å². The molecule has 1 atom stereocenters. The Morgan fingerprint density at radius 1 is 0.878 bits per heavy atom. The van der Waals surface area contributed by atoms with Crippen LogP contribution < -0.4 is 9.62 Å². The third-order valence-electron chi connectivity index (χ3n) is 6.02. The molecule has 0 saturated heterocycles. The third-order valence-corrected chi connectivity index (χ3v) is 8.40. The van der Waals surface area contributed by atoms with Gasteiger partial charge in [-0.3, -0.25) is 13.9 Å². The molecule has 0 fully saturated rings. The molecule has 12 heteroatoms. The summed E-state index contributed by atoms with van der Waals surface area (Å²) in [6, 6.07) is 17.4. The molecule has 0 aliphatic carbocycles. The number of sulfonamides is 1. The SMILES string of the molecule is CC(C)(C)NC(=O)[C@@H](Cc1ccccc1)N(Cc1c(Cl)cccc1Cl)C(=O)CN(c1cc(Cl)ccc1Cl)S(C)(=O)=O. The molecular weight excluding hydrogens is 628 g/mol. The largest absolute Gasteiger partial charge is 0.350 e. The molecule has 2 amide bonds. The first-order valence-electron chi connectivity index (χ1n) is 12.6. The minimum Gasteiger partial charge on any atom is -0.350 e. The normalized spacial score (nSPS) is 12.5. The molecule has 0 aliphatic heterocycles. The summed E-state index contributed by atoms with van der Waals surface area (Å²) < 4.78 is 26.7. The van der Waals surface area contributed by atoms with E-state index in [4.69, 9.17) is 46.4 Å². The lowest BCUT2D eigenvalue weighted by Gasteiger charge is -2.35. The first-order valence-corrected chi connectivity index (χ1v) is 15.9. The lowest BCUT2D eigenvalue weighted by atomic mass is 10.0. The van der Waals surface area contributed by atoms with Crippen molar-refractivity contribution in [3.05, 3.63) is 97.9 Å². The molecule has 0 spiro atoms. The van der Waals surface area contributed by atoms with Crippen LogP contribution in [0, 0.1) is 0 Å². The minimum absolute atomic E-state index is 0.0319. The van der Waals surface area contributed by atoms with E-state index in [-0.39, 0.29) is 28.7 Å². The van der Waals surface area contributed by atoms with E-state index in [2.05, 4.69) is 5.32 Å². The van der Waals surface area contributed by atoms with Crippen molar-refractivity contribution < 1.29 is 18.0 Å². The smallest absolute Gasteiger partial charge is 0.244 e. The van der Waals surface area contributed by atoms with E-state index in [1.165, 1.54) is 23.1 Å². The summed E-state index contributed by atoms with van der Waals surface area (Å²) in [5.74, 6) is -1.10. The molecule has 0 aromatic heterocycles. The second-order valence-corrected chi connectivity index (χ2v) is 14.1. The summed E-state index contributed by atoms with van der Waals surface area (Å²) in [5, 5.41) is 3.86. The van der Waals surface area contributed by atoms with E-state index in [0.717, 1.165) is 16.1 Å². The van der Waals surface area contributed by atoms with Crippen molar-refractivity contribution in [3.63, 3.8) is 0 Å². The summed E-state index contributed by atoms with van der Waals surface area (Å²) in [4.78, 5) is 29.3. The molecule has 1 N–H and O–H groups in total. The standard InChI is InChI=1S/C29H31Cl4N3O4S/c1-29(2,3)34-28(38)26(15-19-9-6-5-7-10-19)35(17-21-22(31)11-8-12-23(21)32)27(37)18-36(41(4,39)40)25-16-20(30)13-14-24(25)33/h5-14,16,26H,15,17-18H2,1-4H3,(H,34,38)/t26-/m1/s1. The van der Waals surface area contributed by atoms with Gasteiger partial charge in [-0.15, -0.1) is 0 Å². The Morgan fingerprint density at radius 3 is 2.05 bits per heavy atom. The van der Waals surface area contributed by atoms with Crippen LogP contribution in [0.4, 0.5) is 5.69 Å². The number of carbonyl (C=O) groups is 2. The van der Waals surface area contributed by atoms with Crippen LogP contribution in [0.5, 0.6) is 0 Å². The second-order valence-electron chi connectivity index (χ2n) is 10.5. The van der Waals surface area contributed by atoms with Gasteiger partial charge in [0.1, 0.15) is 12.6 Å². The van der Waals surface area contributed by atoms with E-state index in [0.29, 0.717) is 15.6 Å². The van der Waals surface area contributed by atoms with Gasteiger partial charge in [-0.2, -0.15) is 0 Å². The molecule has 0 unspecified atom stereocenters. The number of hydrogen-bond acceptors (Lipinski definition) is 4. The highest BCUT2D eigenvalue weighted by molar-refractivity contribution is 7.92. The van der Waals surface area contributed by atoms with Crippen molar-refractivity contribution in [3.8, 4) is 0 Å². The van der Waals surface area contributed by atoms with Crippen LogP contribution in [-0.2, 0) is 32.6 Å². The molecule has 3 rings (SSSR count). The molecule has 0 saturated carbocycles. The number of carbonyl (C=O) groups excluding carboxylic acids is 2. The Hall–Kier alpha value is -2.49. The van der Waals surface area contributed by atoms with Crippen LogP contribution in [0.1, 0.15) is 31.9 Å². The zero-order valence-electron chi connectivity index (χ0n) is 23.0. The molecule has 220 valence electrons. The topological polar surface area (TPSA) is 86.8 Å². The number of rotatable bonds is 10. The number of benzene rings is 3.